The van der Waals surface area contributed by atoms with Crippen molar-refractivity contribution in [2.45, 2.75) is 38.9 Å². The maximum absolute atomic E-state index is 12.6. The molecule has 1 aromatic rings. The first-order valence-electron chi connectivity index (χ1n) is 6.34. The van der Waals surface area contributed by atoms with E-state index in [1.165, 1.54) is 0 Å². The van der Waals surface area contributed by atoms with Crippen molar-refractivity contribution < 1.29 is 23.1 Å². The van der Waals surface area contributed by atoms with Gasteiger partial charge >= 0.3 is 12.1 Å². The summed E-state index contributed by atoms with van der Waals surface area (Å²) in [6.07, 6.45) is -3.44. The van der Waals surface area contributed by atoms with E-state index in [9.17, 15) is 18.0 Å². The molecule has 4 nitrogen and oxygen atoms in total. The van der Waals surface area contributed by atoms with Crippen molar-refractivity contribution in [1.82, 2.24) is 4.98 Å². The molecule has 0 spiro atoms. The molecule has 0 saturated carbocycles. The first-order valence-corrected chi connectivity index (χ1v) is 6.72. The highest BCUT2D eigenvalue weighted by atomic mass is 35.5. The molecule has 0 aromatic carbocycles. The summed E-state index contributed by atoms with van der Waals surface area (Å²) >= 11 is 5.90. The van der Waals surface area contributed by atoms with E-state index in [4.69, 9.17) is 16.7 Å². The van der Waals surface area contributed by atoms with Crippen LogP contribution in [0.4, 0.5) is 19.0 Å². The number of nitrogens with zero attached hydrogens (tertiary/aromatic N) is 2. The van der Waals surface area contributed by atoms with Crippen molar-refractivity contribution in [3.63, 3.8) is 0 Å². The smallest absolute Gasteiger partial charge is 0.417 e. The van der Waals surface area contributed by atoms with Crippen molar-refractivity contribution in [2.75, 3.05) is 11.4 Å². The number of halogens is 4. The van der Waals surface area contributed by atoms with Crippen LogP contribution < -0.4 is 4.90 Å². The molecule has 0 bridgehead atoms. The second-order valence-electron chi connectivity index (χ2n) is 4.81. The minimum Gasteiger partial charge on any atom is -0.481 e. The normalized spacial score (nSPS) is 11.8. The SMILES string of the molecule is CC(C)N(CCCC(=O)O)c1ncc(C(F)(F)F)cc1Cl. The molecule has 1 rings (SSSR count). The van der Waals surface area contributed by atoms with Crippen LogP contribution in [0.5, 0.6) is 0 Å². The highest BCUT2D eigenvalue weighted by Gasteiger charge is 2.32. The fourth-order valence-corrected chi connectivity index (χ4v) is 2.08. The number of aromatic nitrogens is 1. The van der Waals surface area contributed by atoms with E-state index in [1.54, 1.807) is 4.90 Å². The van der Waals surface area contributed by atoms with Gasteiger partial charge in [0.05, 0.1) is 10.6 Å². The molecule has 0 amide bonds. The molecular weight excluding hydrogens is 309 g/mol. The van der Waals surface area contributed by atoms with E-state index in [2.05, 4.69) is 4.98 Å². The van der Waals surface area contributed by atoms with Crippen LogP contribution in [0.15, 0.2) is 12.3 Å². The Kier molecular flexibility index (Phi) is 5.83. The van der Waals surface area contributed by atoms with Gasteiger partial charge in [-0.3, -0.25) is 4.79 Å². The Labute approximate surface area is 125 Å². The highest BCUT2D eigenvalue weighted by Crippen LogP contribution is 2.34. The molecule has 1 heterocycles. The maximum atomic E-state index is 12.6. The standard InChI is InChI=1S/C13H16ClF3N2O2/c1-8(2)19(5-3-4-11(20)21)12-10(14)6-9(7-18-12)13(15,16)17/h6-8H,3-5H2,1-2H3,(H,20,21). The third-order valence-electron chi connectivity index (χ3n) is 2.83. The van der Waals surface area contributed by atoms with Crippen LogP contribution in [0.1, 0.15) is 32.3 Å². The summed E-state index contributed by atoms with van der Waals surface area (Å²) < 4.78 is 37.7. The maximum Gasteiger partial charge on any atom is 0.417 e. The summed E-state index contributed by atoms with van der Waals surface area (Å²) in [5.74, 6) is -0.699. The average molecular weight is 325 g/mol. The monoisotopic (exact) mass is 324 g/mol. The van der Waals surface area contributed by atoms with Crippen LogP contribution in [0, 0.1) is 0 Å². The van der Waals surface area contributed by atoms with E-state index in [-0.39, 0.29) is 23.3 Å². The van der Waals surface area contributed by atoms with Gasteiger partial charge in [0.2, 0.25) is 0 Å². The molecule has 0 aliphatic heterocycles. The van der Waals surface area contributed by atoms with Crippen LogP contribution in [0.3, 0.4) is 0 Å². The molecule has 0 fully saturated rings. The third kappa shape index (κ3) is 5.08. The number of aliphatic carboxylic acids is 1. The van der Waals surface area contributed by atoms with Crippen LogP contribution in [0.2, 0.25) is 5.02 Å². The molecule has 0 radical (unpaired) electrons. The zero-order valence-corrected chi connectivity index (χ0v) is 12.4. The van der Waals surface area contributed by atoms with Crippen molar-refractivity contribution in [2.24, 2.45) is 0 Å². The van der Waals surface area contributed by atoms with Gasteiger partial charge in [0.1, 0.15) is 5.82 Å². The van der Waals surface area contributed by atoms with E-state index in [1.807, 2.05) is 13.8 Å². The summed E-state index contributed by atoms with van der Waals surface area (Å²) in [7, 11) is 0. The van der Waals surface area contributed by atoms with Crippen molar-refractivity contribution in [1.29, 1.82) is 0 Å². The van der Waals surface area contributed by atoms with Crippen LogP contribution in [0.25, 0.3) is 0 Å². The van der Waals surface area contributed by atoms with Gasteiger partial charge in [0.15, 0.2) is 0 Å². The Bertz CT molecular complexity index is 507. The lowest BCUT2D eigenvalue weighted by atomic mass is 10.2. The molecular formula is C13H16ClF3N2O2. The lowest BCUT2D eigenvalue weighted by Crippen LogP contribution is -2.33. The first kappa shape index (κ1) is 17.6. The van der Waals surface area contributed by atoms with E-state index < -0.39 is 17.7 Å². The molecule has 0 aliphatic carbocycles. The average Bonchev–Trinajstić information content (AvgIpc) is 2.33. The number of carboxylic acid groups (broad SMARTS) is 1. The first-order chi connectivity index (χ1) is 9.62. The topological polar surface area (TPSA) is 53.4 Å². The molecule has 1 N–H and O–H groups in total. The van der Waals surface area contributed by atoms with Gasteiger partial charge in [-0.1, -0.05) is 11.6 Å². The van der Waals surface area contributed by atoms with Crippen LogP contribution in [-0.4, -0.2) is 28.6 Å². The summed E-state index contributed by atoms with van der Waals surface area (Å²) in [4.78, 5) is 16.0. The predicted octanol–water partition coefficient (Wildman–Crippen LogP) is 3.83. The number of rotatable bonds is 6. The van der Waals surface area contributed by atoms with Gasteiger partial charge in [0.25, 0.3) is 0 Å². The van der Waals surface area contributed by atoms with Crippen molar-refractivity contribution in [3.05, 3.63) is 22.8 Å². The van der Waals surface area contributed by atoms with Gasteiger partial charge < -0.3 is 10.0 Å². The minimum absolute atomic E-state index is 0.0263. The van der Waals surface area contributed by atoms with Gasteiger partial charge in [0, 0.05) is 25.2 Å². The summed E-state index contributed by atoms with van der Waals surface area (Å²) in [6, 6.07) is 0.761. The summed E-state index contributed by atoms with van der Waals surface area (Å²) in [5.41, 5.74) is -0.912. The zero-order chi connectivity index (χ0) is 16.2. The van der Waals surface area contributed by atoms with Crippen LogP contribution in [-0.2, 0) is 11.0 Å². The predicted molar refractivity (Wildman–Crippen MR) is 73.6 cm³/mol. The third-order valence-corrected chi connectivity index (χ3v) is 3.11. The Balaban J connectivity index is 2.96. The summed E-state index contributed by atoms with van der Waals surface area (Å²) in [5, 5.41) is 8.53. The molecule has 8 heteroatoms. The zero-order valence-electron chi connectivity index (χ0n) is 11.6. The quantitative estimate of drug-likeness (QED) is 0.864. The fourth-order valence-electron chi connectivity index (χ4n) is 1.81. The number of carbonyl (C=O) groups is 1. The molecule has 21 heavy (non-hydrogen) atoms. The van der Waals surface area contributed by atoms with Gasteiger partial charge in [-0.25, -0.2) is 4.98 Å². The Morgan fingerprint density at radius 3 is 2.52 bits per heavy atom. The largest absolute Gasteiger partial charge is 0.481 e. The minimum atomic E-state index is -4.50. The van der Waals surface area contributed by atoms with Gasteiger partial charge in [-0.2, -0.15) is 13.2 Å². The van der Waals surface area contributed by atoms with Crippen LogP contribution >= 0.6 is 11.6 Å². The molecule has 1 aromatic heterocycles. The second-order valence-corrected chi connectivity index (χ2v) is 5.22. The van der Waals surface area contributed by atoms with E-state index >= 15 is 0 Å². The number of carboxylic acids is 1. The molecule has 0 saturated heterocycles. The Morgan fingerprint density at radius 2 is 2.10 bits per heavy atom. The van der Waals surface area contributed by atoms with E-state index in [0.717, 1.165) is 12.3 Å². The van der Waals surface area contributed by atoms with E-state index in [0.29, 0.717) is 13.0 Å². The molecule has 0 atom stereocenters. The summed E-state index contributed by atoms with van der Waals surface area (Å²) in [6.45, 7) is 4.01. The second kappa shape index (κ2) is 6.98. The number of alkyl halides is 3. The highest BCUT2D eigenvalue weighted by molar-refractivity contribution is 6.33. The number of hydrogen-bond acceptors (Lipinski definition) is 3. The molecule has 0 unspecified atom stereocenters. The van der Waals surface area contributed by atoms with Crippen molar-refractivity contribution >= 4 is 23.4 Å². The van der Waals surface area contributed by atoms with Gasteiger partial charge in [-0.15, -0.1) is 0 Å². The Hall–Kier alpha value is -1.50. The molecule has 118 valence electrons. The Morgan fingerprint density at radius 1 is 1.48 bits per heavy atom. The fraction of sp³-hybridized carbons (Fsp3) is 0.538. The number of anilines is 1. The number of pyridine rings is 1. The lowest BCUT2D eigenvalue weighted by Gasteiger charge is -2.28. The lowest BCUT2D eigenvalue weighted by molar-refractivity contribution is -0.138. The molecule has 0 aliphatic rings. The van der Waals surface area contributed by atoms with Crippen molar-refractivity contribution in [3.8, 4) is 0 Å². The van der Waals surface area contributed by atoms with Gasteiger partial charge in [-0.05, 0) is 26.3 Å². The number of hydrogen-bond donors (Lipinski definition) is 1.